The van der Waals surface area contributed by atoms with E-state index in [1.165, 1.54) is 16.8 Å². The van der Waals surface area contributed by atoms with E-state index in [2.05, 4.69) is 10.3 Å². The molecule has 0 aliphatic carbocycles. The van der Waals surface area contributed by atoms with Crippen LogP contribution >= 0.6 is 11.6 Å². The van der Waals surface area contributed by atoms with Crippen LogP contribution in [0, 0.1) is 0 Å². The molecule has 0 radical (unpaired) electrons. The summed E-state index contributed by atoms with van der Waals surface area (Å²) in [7, 11) is -3.26. The zero-order valence-electron chi connectivity index (χ0n) is 13.7. The number of carbonyl (C=O) groups is 1. The molecule has 1 aliphatic rings. The molecule has 0 spiro atoms. The largest absolute Gasteiger partial charge is 0.348 e. The van der Waals surface area contributed by atoms with Crippen molar-refractivity contribution in [1.82, 2.24) is 14.6 Å². The summed E-state index contributed by atoms with van der Waals surface area (Å²) in [5, 5.41) is 3.45. The summed E-state index contributed by atoms with van der Waals surface area (Å²) in [6.45, 7) is 0.922. The van der Waals surface area contributed by atoms with Crippen LogP contribution in [0.1, 0.15) is 27.0 Å². The molecule has 0 atom stereocenters. The average Bonchev–Trinajstić information content (AvgIpc) is 2.59. The van der Waals surface area contributed by atoms with Crippen molar-refractivity contribution in [2.45, 2.75) is 19.5 Å². The maximum absolute atomic E-state index is 12.6. The second-order valence-corrected chi connectivity index (χ2v) is 8.34. The summed E-state index contributed by atoms with van der Waals surface area (Å²) in [6.07, 6.45) is 4.82. The highest BCUT2D eigenvalue weighted by atomic mass is 35.5. The van der Waals surface area contributed by atoms with Crippen LogP contribution in [0.5, 0.6) is 0 Å². The quantitative estimate of drug-likeness (QED) is 0.880. The number of halogens is 1. The zero-order valence-corrected chi connectivity index (χ0v) is 15.3. The predicted octanol–water partition coefficient (Wildman–Crippen LogP) is 1.98. The van der Waals surface area contributed by atoms with E-state index in [4.69, 9.17) is 11.6 Å². The molecular weight excluding hydrogens is 362 g/mol. The van der Waals surface area contributed by atoms with Gasteiger partial charge in [-0.05, 0) is 29.2 Å². The normalized spacial score (nSPS) is 14.8. The van der Waals surface area contributed by atoms with Gasteiger partial charge in [-0.2, -0.15) is 4.31 Å². The van der Waals surface area contributed by atoms with Gasteiger partial charge >= 0.3 is 0 Å². The fourth-order valence-electron chi connectivity index (χ4n) is 2.86. The van der Waals surface area contributed by atoms with E-state index in [0.717, 1.165) is 16.7 Å². The Morgan fingerprint density at radius 1 is 1.32 bits per heavy atom. The van der Waals surface area contributed by atoms with Gasteiger partial charge in [0.1, 0.15) is 0 Å². The third kappa shape index (κ3) is 4.00. The second-order valence-electron chi connectivity index (χ2n) is 5.95. The summed E-state index contributed by atoms with van der Waals surface area (Å²) in [4.78, 5) is 16.7. The first kappa shape index (κ1) is 17.8. The number of fused-ring (bicyclic) bond motifs is 1. The number of rotatable bonds is 4. The minimum atomic E-state index is -3.26. The third-order valence-electron chi connectivity index (χ3n) is 4.22. The van der Waals surface area contributed by atoms with Crippen molar-refractivity contribution in [3.8, 4) is 0 Å². The van der Waals surface area contributed by atoms with E-state index in [0.29, 0.717) is 30.1 Å². The molecule has 0 bridgehead atoms. The summed E-state index contributed by atoms with van der Waals surface area (Å²) < 4.78 is 24.8. The summed E-state index contributed by atoms with van der Waals surface area (Å²) in [5.74, 6) is -0.239. The topological polar surface area (TPSA) is 79.4 Å². The number of amides is 1. The highest BCUT2D eigenvalue weighted by molar-refractivity contribution is 7.88. The van der Waals surface area contributed by atoms with Crippen molar-refractivity contribution in [3.05, 3.63) is 63.9 Å². The van der Waals surface area contributed by atoms with Crippen molar-refractivity contribution in [2.24, 2.45) is 0 Å². The molecule has 3 rings (SSSR count). The Bertz CT molecular complexity index is 915. The van der Waals surface area contributed by atoms with Crippen LogP contribution in [-0.4, -0.2) is 36.4 Å². The first-order valence-electron chi connectivity index (χ1n) is 7.79. The van der Waals surface area contributed by atoms with Crippen molar-refractivity contribution in [3.63, 3.8) is 0 Å². The Morgan fingerprint density at radius 2 is 2.08 bits per heavy atom. The van der Waals surface area contributed by atoms with Crippen molar-refractivity contribution in [2.75, 3.05) is 12.8 Å². The van der Waals surface area contributed by atoms with Gasteiger partial charge in [-0.1, -0.05) is 29.8 Å². The van der Waals surface area contributed by atoms with Crippen LogP contribution in [0.3, 0.4) is 0 Å². The smallest absolute Gasteiger partial charge is 0.253 e. The molecule has 0 saturated carbocycles. The number of pyridine rings is 1. The van der Waals surface area contributed by atoms with E-state index >= 15 is 0 Å². The summed E-state index contributed by atoms with van der Waals surface area (Å²) in [5.41, 5.74) is 2.94. The van der Waals surface area contributed by atoms with Crippen molar-refractivity contribution in [1.29, 1.82) is 0 Å². The predicted molar refractivity (Wildman–Crippen MR) is 95.8 cm³/mol. The lowest BCUT2D eigenvalue weighted by atomic mass is 9.98. The van der Waals surface area contributed by atoms with Crippen molar-refractivity contribution >= 4 is 27.5 Å². The lowest BCUT2D eigenvalue weighted by molar-refractivity contribution is 0.0949. The minimum absolute atomic E-state index is 0.239. The highest BCUT2D eigenvalue weighted by Gasteiger charge is 2.26. The van der Waals surface area contributed by atoms with E-state index in [9.17, 15) is 13.2 Å². The first-order chi connectivity index (χ1) is 11.9. The summed E-state index contributed by atoms with van der Waals surface area (Å²) >= 11 is 6.10. The Morgan fingerprint density at radius 3 is 2.80 bits per heavy atom. The molecule has 1 N–H and O–H groups in total. The van der Waals surface area contributed by atoms with E-state index in [1.807, 2.05) is 18.2 Å². The van der Waals surface area contributed by atoms with Gasteiger partial charge in [-0.15, -0.1) is 0 Å². The van der Waals surface area contributed by atoms with Gasteiger partial charge in [0.15, 0.2) is 0 Å². The summed E-state index contributed by atoms with van der Waals surface area (Å²) in [6, 6.07) is 7.32. The fraction of sp³-hybridized carbons (Fsp3) is 0.294. The van der Waals surface area contributed by atoms with Gasteiger partial charge in [0.2, 0.25) is 10.0 Å². The Labute approximate surface area is 151 Å². The molecule has 0 saturated heterocycles. The average molecular weight is 380 g/mol. The molecular formula is C17H18ClN3O3S. The van der Waals surface area contributed by atoms with Gasteiger partial charge in [0, 0.05) is 37.1 Å². The van der Waals surface area contributed by atoms with Gasteiger partial charge in [-0.3, -0.25) is 9.78 Å². The number of aromatic nitrogens is 1. The number of nitrogens with zero attached hydrogens (tertiary/aromatic N) is 2. The minimum Gasteiger partial charge on any atom is -0.348 e. The van der Waals surface area contributed by atoms with Crippen LogP contribution in [0.25, 0.3) is 0 Å². The molecule has 1 amide bonds. The molecule has 8 heteroatoms. The molecule has 1 aromatic heterocycles. The third-order valence-corrected chi connectivity index (χ3v) is 5.83. The Hall–Kier alpha value is -1.96. The van der Waals surface area contributed by atoms with Gasteiger partial charge in [0.25, 0.3) is 5.91 Å². The van der Waals surface area contributed by atoms with Crippen molar-refractivity contribution < 1.29 is 13.2 Å². The molecule has 6 nitrogen and oxygen atoms in total. The monoisotopic (exact) mass is 379 g/mol. The number of sulfonamides is 1. The Balaban J connectivity index is 1.78. The van der Waals surface area contributed by atoms with Gasteiger partial charge in [0.05, 0.1) is 11.8 Å². The molecule has 0 unspecified atom stereocenters. The SMILES string of the molecule is CS(=O)(=O)N1CCc2c(cncc2C(=O)NCc2ccccc2Cl)C1. The maximum Gasteiger partial charge on any atom is 0.253 e. The van der Waals surface area contributed by atoms with Crippen LogP contribution in [-0.2, 0) is 29.5 Å². The standard InChI is InChI=1S/C17H18ClN3O3S/c1-25(23,24)21-7-6-14-13(11-21)8-19-10-15(14)17(22)20-9-12-4-2-3-5-16(12)18/h2-5,8,10H,6-7,9,11H2,1H3,(H,20,22). The van der Waals surface area contributed by atoms with Crippen LogP contribution in [0.15, 0.2) is 36.7 Å². The zero-order chi connectivity index (χ0) is 18.0. The number of hydrogen-bond acceptors (Lipinski definition) is 4. The molecule has 1 aromatic carbocycles. The second kappa shape index (κ2) is 7.11. The lowest BCUT2D eigenvalue weighted by Gasteiger charge is -2.27. The molecule has 2 aromatic rings. The van der Waals surface area contributed by atoms with Crippen LogP contribution < -0.4 is 5.32 Å². The van der Waals surface area contributed by atoms with Crippen LogP contribution in [0.4, 0.5) is 0 Å². The van der Waals surface area contributed by atoms with Gasteiger partial charge < -0.3 is 5.32 Å². The number of carbonyl (C=O) groups excluding carboxylic acids is 1. The molecule has 0 fully saturated rings. The highest BCUT2D eigenvalue weighted by Crippen LogP contribution is 2.23. The number of hydrogen-bond donors (Lipinski definition) is 1. The van der Waals surface area contributed by atoms with E-state index < -0.39 is 10.0 Å². The molecule has 2 heterocycles. The molecule has 25 heavy (non-hydrogen) atoms. The first-order valence-corrected chi connectivity index (χ1v) is 10.0. The number of benzene rings is 1. The van der Waals surface area contributed by atoms with E-state index in [1.54, 1.807) is 12.3 Å². The lowest BCUT2D eigenvalue weighted by Crippen LogP contribution is -2.36. The number of nitrogens with one attached hydrogen (secondary N) is 1. The molecule has 1 aliphatic heterocycles. The van der Waals surface area contributed by atoms with E-state index in [-0.39, 0.29) is 12.5 Å². The van der Waals surface area contributed by atoms with Crippen LogP contribution in [0.2, 0.25) is 5.02 Å². The maximum atomic E-state index is 12.6. The fourth-order valence-corrected chi connectivity index (χ4v) is 3.86. The van der Waals surface area contributed by atoms with Gasteiger partial charge in [-0.25, -0.2) is 8.42 Å². The molecule has 132 valence electrons. The Kier molecular flexibility index (Phi) is 5.08.